The van der Waals surface area contributed by atoms with Crippen molar-refractivity contribution in [1.82, 2.24) is 16.2 Å². The predicted octanol–water partition coefficient (Wildman–Crippen LogP) is 0.988. The maximum absolute atomic E-state index is 12.0. The summed E-state index contributed by atoms with van der Waals surface area (Å²) in [6, 6.07) is 4.57. The number of nitrogens with one attached hydrogen (secondary N) is 3. The highest BCUT2D eigenvalue weighted by Crippen LogP contribution is 2.25. The first-order valence-corrected chi connectivity index (χ1v) is 7.97. The van der Waals surface area contributed by atoms with Crippen LogP contribution in [0.1, 0.15) is 23.1 Å². The Bertz CT molecular complexity index is 548. The second-order valence-corrected chi connectivity index (χ2v) is 6.12. The zero-order chi connectivity index (χ0) is 16.8. The molecule has 3 N–H and O–H groups in total. The van der Waals surface area contributed by atoms with Gasteiger partial charge >= 0.3 is 0 Å². The number of amides is 1. The van der Waals surface area contributed by atoms with Gasteiger partial charge < -0.3 is 14.8 Å². The first-order valence-electron chi connectivity index (χ1n) is 7.97. The maximum Gasteiger partial charge on any atom is 0.257 e. The van der Waals surface area contributed by atoms with E-state index in [1.165, 1.54) is 0 Å². The van der Waals surface area contributed by atoms with E-state index in [0.29, 0.717) is 13.2 Å². The Morgan fingerprint density at radius 2 is 1.91 bits per heavy atom. The standard InChI is InChI=1S/C17H27N3O3/c1-11-5-6-12(2)17(13(11)3)23-10-16(21)18-8-14-7-15(9-22-4)20-19-14/h5-6,14-15,19-20H,7-10H2,1-4H3,(H,18,21). The second kappa shape index (κ2) is 8.29. The average molecular weight is 321 g/mol. The Labute approximate surface area is 137 Å². The van der Waals surface area contributed by atoms with Crippen LogP contribution < -0.4 is 20.9 Å². The van der Waals surface area contributed by atoms with Crippen LogP contribution in [0.5, 0.6) is 5.75 Å². The minimum Gasteiger partial charge on any atom is -0.483 e. The van der Waals surface area contributed by atoms with Crippen LogP contribution in [-0.2, 0) is 9.53 Å². The molecule has 128 valence electrons. The molecule has 0 bridgehead atoms. The van der Waals surface area contributed by atoms with Crippen molar-refractivity contribution in [2.75, 3.05) is 26.9 Å². The van der Waals surface area contributed by atoms with Crippen LogP contribution in [0.15, 0.2) is 12.1 Å². The maximum atomic E-state index is 12.0. The summed E-state index contributed by atoms with van der Waals surface area (Å²) < 4.78 is 10.8. The van der Waals surface area contributed by atoms with Crippen LogP contribution in [0.4, 0.5) is 0 Å². The Morgan fingerprint density at radius 1 is 1.22 bits per heavy atom. The van der Waals surface area contributed by atoms with Crippen molar-refractivity contribution in [3.8, 4) is 5.75 Å². The lowest BCUT2D eigenvalue weighted by atomic mass is 10.1. The molecule has 1 heterocycles. The van der Waals surface area contributed by atoms with Gasteiger partial charge in [-0.15, -0.1) is 0 Å². The average Bonchev–Trinajstić information content (AvgIpc) is 2.97. The molecule has 0 spiro atoms. The highest BCUT2D eigenvalue weighted by Gasteiger charge is 2.23. The number of hydrogen-bond donors (Lipinski definition) is 3. The Morgan fingerprint density at radius 3 is 2.65 bits per heavy atom. The number of aryl methyl sites for hydroxylation is 2. The minimum atomic E-state index is -0.109. The van der Waals surface area contributed by atoms with Crippen LogP contribution in [0.25, 0.3) is 0 Å². The number of hydrazine groups is 1. The van der Waals surface area contributed by atoms with Gasteiger partial charge in [0.25, 0.3) is 5.91 Å². The first-order chi connectivity index (χ1) is 11.0. The van der Waals surface area contributed by atoms with Crippen molar-refractivity contribution >= 4 is 5.91 Å². The van der Waals surface area contributed by atoms with Crippen LogP contribution in [0.2, 0.25) is 0 Å². The van der Waals surface area contributed by atoms with Gasteiger partial charge in [-0.1, -0.05) is 12.1 Å². The van der Waals surface area contributed by atoms with Crippen LogP contribution in [0.3, 0.4) is 0 Å². The fourth-order valence-electron chi connectivity index (χ4n) is 2.72. The third kappa shape index (κ3) is 4.92. The van der Waals surface area contributed by atoms with Gasteiger partial charge in [-0.2, -0.15) is 0 Å². The molecule has 1 aliphatic heterocycles. The summed E-state index contributed by atoms with van der Waals surface area (Å²) in [5, 5.41) is 2.90. The number of carbonyl (C=O) groups is 1. The van der Waals surface area contributed by atoms with Crippen LogP contribution in [-0.4, -0.2) is 44.9 Å². The summed E-state index contributed by atoms with van der Waals surface area (Å²) in [7, 11) is 1.68. The molecule has 1 saturated heterocycles. The predicted molar refractivity (Wildman–Crippen MR) is 89.5 cm³/mol. The SMILES string of the molecule is COCC1CC(CNC(=O)COc2c(C)ccc(C)c2C)NN1. The Kier molecular flexibility index (Phi) is 6.38. The minimum absolute atomic E-state index is 0.0345. The molecule has 6 nitrogen and oxygen atoms in total. The van der Waals surface area contributed by atoms with Crippen molar-refractivity contribution in [2.45, 2.75) is 39.3 Å². The first kappa shape index (κ1) is 17.7. The van der Waals surface area contributed by atoms with Crippen LogP contribution >= 0.6 is 0 Å². The number of rotatable bonds is 7. The van der Waals surface area contributed by atoms with E-state index in [0.717, 1.165) is 28.9 Å². The van der Waals surface area contributed by atoms with Gasteiger partial charge in [0.15, 0.2) is 6.61 Å². The Balaban J connectivity index is 1.75. The van der Waals surface area contributed by atoms with Crippen molar-refractivity contribution in [1.29, 1.82) is 0 Å². The highest BCUT2D eigenvalue weighted by molar-refractivity contribution is 5.77. The van der Waals surface area contributed by atoms with E-state index in [9.17, 15) is 4.79 Å². The van der Waals surface area contributed by atoms with E-state index in [1.54, 1.807) is 7.11 Å². The van der Waals surface area contributed by atoms with E-state index in [1.807, 2.05) is 26.8 Å². The topological polar surface area (TPSA) is 71.6 Å². The zero-order valence-corrected chi connectivity index (χ0v) is 14.4. The molecular formula is C17H27N3O3. The molecule has 0 radical (unpaired) electrons. The van der Waals surface area contributed by atoms with Gasteiger partial charge in [0.05, 0.1) is 6.61 Å². The monoisotopic (exact) mass is 321 g/mol. The highest BCUT2D eigenvalue weighted by atomic mass is 16.5. The summed E-state index contributed by atoms with van der Waals surface area (Å²) in [5.74, 6) is 0.697. The molecule has 1 amide bonds. The fraction of sp³-hybridized carbons (Fsp3) is 0.588. The van der Waals surface area contributed by atoms with Gasteiger partial charge in [0.1, 0.15) is 5.75 Å². The summed E-state index contributed by atoms with van der Waals surface area (Å²) in [6.07, 6.45) is 0.922. The van der Waals surface area contributed by atoms with Crippen molar-refractivity contribution in [3.63, 3.8) is 0 Å². The summed E-state index contributed by atoms with van der Waals surface area (Å²) in [5.41, 5.74) is 9.61. The molecule has 1 aromatic rings. The van der Waals surface area contributed by atoms with E-state index < -0.39 is 0 Å². The summed E-state index contributed by atoms with van der Waals surface area (Å²) in [4.78, 5) is 12.0. The molecule has 6 heteroatoms. The molecule has 1 fully saturated rings. The number of carbonyl (C=O) groups excluding carboxylic acids is 1. The molecule has 2 rings (SSSR count). The molecule has 1 aromatic carbocycles. The number of benzene rings is 1. The molecule has 1 aliphatic rings. The van der Waals surface area contributed by atoms with E-state index in [2.05, 4.69) is 22.2 Å². The molecule has 23 heavy (non-hydrogen) atoms. The lowest BCUT2D eigenvalue weighted by Crippen LogP contribution is -2.42. The van der Waals surface area contributed by atoms with Crippen molar-refractivity contribution in [2.24, 2.45) is 0 Å². The Hall–Kier alpha value is -1.63. The van der Waals surface area contributed by atoms with Crippen molar-refractivity contribution in [3.05, 3.63) is 28.8 Å². The quantitative estimate of drug-likeness (QED) is 0.698. The molecular weight excluding hydrogens is 294 g/mol. The smallest absolute Gasteiger partial charge is 0.257 e. The number of methoxy groups -OCH3 is 1. The van der Waals surface area contributed by atoms with Gasteiger partial charge in [-0.3, -0.25) is 15.6 Å². The normalized spacial score (nSPS) is 20.5. The fourth-order valence-corrected chi connectivity index (χ4v) is 2.72. The third-order valence-electron chi connectivity index (χ3n) is 4.20. The summed E-state index contributed by atoms with van der Waals surface area (Å²) in [6.45, 7) is 7.31. The lowest BCUT2D eigenvalue weighted by molar-refractivity contribution is -0.123. The number of ether oxygens (including phenoxy) is 2. The van der Waals surface area contributed by atoms with Crippen molar-refractivity contribution < 1.29 is 14.3 Å². The number of hydrogen-bond acceptors (Lipinski definition) is 5. The molecule has 2 unspecified atom stereocenters. The van der Waals surface area contributed by atoms with Gasteiger partial charge in [-0.05, 0) is 43.9 Å². The van der Waals surface area contributed by atoms with Gasteiger partial charge in [-0.25, -0.2) is 0 Å². The molecule has 0 saturated carbocycles. The second-order valence-electron chi connectivity index (χ2n) is 6.12. The molecule has 0 aliphatic carbocycles. The van der Waals surface area contributed by atoms with Gasteiger partial charge in [0.2, 0.25) is 0 Å². The van der Waals surface area contributed by atoms with E-state index in [-0.39, 0.29) is 24.6 Å². The summed E-state index contributed by atoms with van der Waals surface area (Å²) >= 11 is 0. The van der Waals surface area contributed by atoms with Gasteiger partial charge in [0, 0.05) is 25.7 Å². The zero-order valence-electron chi connectivity index (χ0n) is 14.4. The molecule has 2 atom stereocenters. The third-order valence-corrected chi connectivity index (χ3v) is 4.20. The lowest BCUT2D eigenvalue weighted by Gasteiger charge is -2.15. The molecule has 0 aromatic heterocycles. The van der Waals surface area contributed by atoms with E-state index >= 15 is 0 Å². The van der Waals surface area contributed by atoms with Crippen LogP contribution in [0, 0.1) is 20.8 Å². The largest absolute Gasteiger partial charge is 0.483 e. The van der Waals surface area contributed by atoms with E-state index in [4.69, 9.17) is 9.47 Å².